The van der Waals surface area contributed by atoms with Gasteiger partial charge in [-0.15, -0.1) is 0 Å². The molecule has 1 amide bonds. The van der Waals surface area contributed by atoms with Crippen molar-refractivity contribution >= 4 is 22.9 Å². The predicted octanol–water partition coefficient (Wildman–Crippen LogP) is 1.19. The number of hydrogen-bond acceptors (Lipinski definition) is 4. The van der Waals surface area contributed by atoms with E-state index in [1.165, 1.54) is 0 Å². The molecule has 7 nitrogen and oxygen atoms in total. The minimum Gasteiger partial charge on any atom is -0.480 e. The van der Waals surface area contributed by atoms with Gasteiger partial charge in [0, 0.05) is 5.56 Å². The average Bonchev–Trinajstić information content (AvgIpc) is 2.84. The molecule has 0 radical (unpaired) electrons. The Morgan fingerprint density at radius 1 is 1.30 bits per heavy atom. The molecule has 20 heavy (non-hydrogen) atoms. The van der Waals surface area contributed by atoms with Gasteiger partial charge in [-0.3, -0.25) is 4.79 Å². The third-order valence-electron chi connectivity index (χ3n) is 2.89. The van der Waals surface area contributed by atoms with Crippen molar-refractivity contribution in [2.24, 2.45) is 5.92 Å². The monoisotopic (exact) mass is 276 g/mol. The molecule has 3 N–H and O–H groups in total. The van der Waals surface area contributed by atoms with E-state index in [1.807, 2.05) is 13.8 Å². The number of carboxylic acid groups (broad SMARTS) is 1. The van der Waals surface area contributed by atoms with Crippen LogP contribution in [0.2, 0.25) is 0 Å². The number of amides is 1. The molecule has 0 fully saturated rings. The number of aromatic amines is 1. The Morgan fingerprint density at radius 2 is 2.00 bits per heavy atom. The van der Waals surface area contributed by atoms with Gasteiger partial charge < -0.3 is 10.4 Å². The lowest BCUT2D eigenvalue weighted by atomic mass is 10.0. The summed E-state index contributed by atoms with van der Waals surface area (Å²) in [5.74, 6) is -1.29. The van der Waals surface area contributed by atoms with Crippen LogP contribution in [0, 0.1) is 5.92 Å². The summed E-state index contributed by atoms with van der Waals surface area (Å²) < 4.78 is 0. The fourth-order valence-corrected chi connectivity index (χ4v) is 1.92. The minimum atomic E-state index is -1.03. The van der Waals surface area contributed by atoms with Gasteiger partial charge in [0.05, 0.1) is 0 Å². The van der Waals surface area contributed by atoms with Crippen LogP contribution in [-0.4, -0.2) is 38.4 Å². The fourth-order valence-electron chi connectivity index (χ4n) is 1.92. The summed E-state index contributed by atoms with van der Waals surface area (Å²) in [5.41, 5.74) is 1.58. The molecular weight excluding hydrogens is 260 g/mol. The Hall–Kier alpha value is -2.44. The van der Waals surface area contributed by atoms with Gasteiger partial charge in [-0.25, -0.2) is 4.79 Å². The first-order valence-electron chi connectivity index (χ1n) is 6.31. The number of carbonyl (C=O) groups is 2. The van der Waals surface area contributed by atoms with Crippen molar-refractivity contribution < 1.29 is 14.7 Å². The highest BCUT2D eigenvalue weighted by Gasteiger charge is 2.21. The van der Waals surface area contributed by atoms with E-state index in [9.17, 15) is 9.59 Å². The third kappa shape index (κ3) is 3.11. The first-order chi connectivity index (χ1) is 9.47. The van der Waals surface area contributed by atoms with Gasteiger partial charge >= 0.3 is 5.97 Å². The number of H-pyrrole nitrogens is 1. The highest BCUT2D eigenvalue weighted by molar-refractivity contribution is 5.99. The van der Waals surface area contributed by atoms with Gasteiger partial charge in [0.25, 0.3) is 5.91 Å². The van der Waals surface area contributed by atoms with Crippen LogP contribution in [0.3, 0.4) is 0 Å². The fraction of sp³-hybridized carbons (Fsp3) is 0.385. The maximum atomic E-state index is 12.1. The van der Waals surface area contributed by atoms with E-state index in [0.717, 1.165) is 0 Å². The topological polar surface area (TPSA) is 108 Å². The number of aromatic nitrogens is 3. The molecule has 1 heterocycles. The molecule has 0 unspecified atom stereocenters. The van der Waals surface area contributed by atoms with Crippen LogP contribution in [0.4, 0.5) is 0 Å². The van der Waals surface area contributed by atoms with Crippen molar-refractivity contribution in [1.82, 2.24) is 20.7 Å². The number of nitrogens with one attached hydrogen (secondary N) is 2. The predicted molar refractivity (Wildman–Crippen MR) is 72.2 cm³/mol. The van der Waals surface area contributed by atoms with Crippen molar-refractivity contribution in [2.45, 2.75) is 26.3 Å². The van der Waals surface area contributed by atoms with Gasteiger partial charge in [0.15, 0.2) is 0 Å². The zero-order chi connectivity index (χ0) is 14.7. The Bertz CT molecular complexity index is 635. The van der Waals surface area contributed by atoms with Crippen molar-refractivity contribution in [3.8, 4) is 0 Å². The van der Waals surface area contributed by atoms with Gasteiger partial charge in [0.2, 0.25) is 0 Å². The number of hydrogen-bond donors (Lipinski definition) is 3. The first kappa shape index (κ1) is 14.0. The lowest BCUT2D eigenvalue weighted by Gasteiger charge is -2.16. The lowest BCUT2D eigenvalue weighted by molar-refractivity contribution is -0.139. The summed E-state index contributed by atoms with van der Waals surface area (Å²) in [6, 6.07) is 3.93. The van der Waals surface area contributed by atoms with Crippen LogP contribution in [0.5, 0.6) is 0 Å². The molecule has 0 bridgehead atoms. The highest BCUT2D eigenvalue weighted by Crippen LogP contribution is 2.12. The minimum absolute atomic E-state index is 0.175. The maximum Gasteiger partial charge on any atom is 0.326 e. The lowest BCUT2D eigenvalue weighted by Crippen LogP contribution is -2.41. The van der Waals surface area contributed by atoms with Crippen LogP contribution in [-0.2, 0) is 4.79 Å². The van der Waals surface area contributed by atoms with E-state index in [2.05, 4.69) is 20.7 Å². The first-order valence-corrected chi connectivity index (χ1v) is 6.31. The van der Waals surface area contributed by atoms with E-state index in [0.29, 0.717) is 23.0 Å². The maximum absolute atomic E-state index is 12.1. The van der Waals surface area contributed by atoms with Gasteiger partial charge in [0.1, 0.15) is 17.1 Å². The van der Waals surface area contributed by atoms with E-state index in [1.54, 1.807) is 18.2 Å². The van der Waals surface area contributed by atoms with E-state index in [4.69, 9.17) is 5.11 Å². The Labute approximate surface area is 115 Å². The molecule has 1 atom stereocenters. The summed E-state index contributed by atoms with van der Waals surface area (Å²) in [7, 11) is 0. The molecule has 0 aliphatic heterocycles. The van der Waals surface area contributed by atoms with Gasteiger partial charge in [-0.05, 0) is 30.5 Å². The van der Waals surface area contributed by atoms with Gasteiger partial charge in [-0.1, -0.05) is 13.8 Å². The molecular formula is C13H16N4O3. The Kier molecular flexibility index (Phi) is 3.97. The molecule has 0 aliphatic carbocycles. The standard InChI is InChI=1S/C13H16N4O3/c1-7(2)5-11(13(19)20)14-12(18)8-3-4-9-10(6-8)16-17-15-9/h3-4,6-7,11H,5H2,1-2H3,(H,14,18)(H,19,20)(H,15,16,17)/t11-/m1/s1. The smallest absolute Gasteiger partial charge is 0.326 e. The Morgan fingerprint density at radius 3 is 2.65 bits per heavy atom. The molecule has 0 aliphatic rings. The number of fused-ring (bicyclic) bond motifs is 1. The number of carboxylic acids is 1. The van der Waals surface area contributed by atoms with E-state index >= 15 is 0 Å². The van der Waals surface area contributed by atoms with Crippen molar-refractivity contribution in [3.05, 3.63) is 23.8 Å². The molecule has 0 spiro atoms. The van der Waals surface area contributed by atoms with Crippen molar-refractivity contribution in [1.29, 1.82) is 0 Å². The summed E-state index contributed by atoms with van der Waals surface area (Å²) in [6.07, 6.45) is 0.382. The second-order valence-corrected chi connectivity index (χ2v) is 5.02. The second kappa shape index (κ2) is 5.68. The van der Waals surface area contributed by atoms with Crippen LogP contribution in [0.15, 0.2) is 18.2 Å². The normalized spacial score (nSPS) is 12.6. The summed E-state index contributed by atoms with van der Waals surface area (Å²) in [6.45, 7) is 3.81. The molecule has 1 aromatic heterocycles. The second-order valence-electron chi connectivity index (χ2n) is 5.02. The summed E-state index contributed by atoms with van der Waals surface area (Å²) in [4.78, 5) is 23.2. The van der Waals surface area contributed by atoms with Crippen molar-refractivity contribution in [2.75, 3.05) is 0 Å². The zero-order valence-electron chi connectivity index (χ0n) is 11.3. The quantitative estimate of drug-likeness (QED) is 0.760. The Balaban J connectivity index is 2.15. The van der Waals surface area contributed by atoms with Crippen LogP contribution < -0.4 is 5.32 Å². The molecule has 1 aromatic carbocycles. The number of nitrogens with zero attached hydrogens (tertiary/aromatic N) is 2. The molecule has 0 saturated carbocycles. The summed E-state index contributed by atoms with van der Waals surface area (Å²) in [5, 5.41) is 21.9. The summed E-state index contributed by atoms with van der Waals surface area (Å²) >= 11 is 0. The van der Waals surface area contributed by atoms with Crippen molar-refractivity contribution in [3.63, 3.8) is 0 Å². The van der Waals surface area contributed by atoms with E-state index < -0.39 is 17.9 Å². The zero-order valence-corrected chi connectivity index (χ0v) is 11.3. The number of rotatable bonds is 5. The number of carbonyl (C=O) groups excluding carboxylic acids is 1. The highest BCUT2D eigenvalue weighted by atomic mass is 16.4. The molecule has 7 heteroatoms. The van der Waals surface area contributed by atoms with E-state index in [-0.39, 0.29) is 5.92 Å². The van der Waals surface area contributed by atoms with Crippen LogP contribution in [0.25, 0.3) is 11.0 Å². The van der Waals surface area contributed by atoms with Crippen LogP contribution >= 0.6 is 0 Å². The van der Waals surface area contributed by atoms with Crippen LogP contribution in [0.1, 0.15) is 30.6 Å². The average molecular weight is 276 g/mol. The molecule has 106 valence electrons. The third-order valence-corrected chi connectivity index (χ3v) is 2.89. The van der Waals surface area contributed by atoms with Gasteiger partial charge in [-0.2, -0.15) is 15.4 Å². The molecule has 2 aromatic rings. The number of benzene rings is 1. The molecule has 0 saturated heterocycles. The largest absolute Gasteiger partial charge is 0.480 e. The number of aliphatic carboxylic acids is 1. The molecule has 2 rings (SSSR count). The SMILES string of the molecule is CC(C)C[C@@H](NC(=O)c1ccc2n[nH]nc2c1)C(=O)O.